The van der Waals surface area contributed by atoms with E-state index in [1.165, 1.54) is 25.7 Å². The molecule has 0 aromatic heterocycles. The minimum atomic E-state index is 0.341. The molecule has 0 spiro atoms. The van der Waals surface area contributed by atoms with Crippen molar-refractivity contribution in [1.82, 2.24) is 0 Å². The summed E-state index contributed by atoms with van der Waals surface area (Å²) in [6, 6.07) is 0.341. The van der Waals surface area contributed by atoms with Gasteiger partial charge in [0.1, 0.15) is 0 Å². The zero-order valence-electron chi connectivity index (χ0n) is 10.4. The topological polar surface area (TPSA) is 44.5 Å². The predicted octanol–water partition coefficient (Wildman–Crippen LogP) is 1.95. The second kappa shape index (κ2) is 5.99. The average Bonchev–Trinajstić information content (AvgIpc) is 2.27. The summed E-state index contributed by atoms with van der Waals surface area (Å²) in [7, 11) is 0. The molecule has 0 aromatic rings. The Labute approximate surface area is 98.7 Å². The molecule has 2 fully saturated rings. The SMILES string of the molecule is CCOC1CC(CC(N)C2CCCOC2)C1. The van der Waals surface area contributed by atoms with Gasteiger partial charge in [0.15, 0.2) is 0 Å². The molecular weight excluding hydrogens is 202 g/mol. The molecule has 1 aliphatic heterocycles. The van der Waals surface area contributed by atoms with Crippen LogP contribution in [0.25, 0.3) is 0 Å². The van der Waals surface area contributed by atoms with Gasteiger partial charge in [-0.05, 0) is 50.9 Å². The van der Waals surface area contributed by atoms with E-state index in [0.29, 0.717) is 18.1 Å². The van der Waals surface area contributed by atoms with Gasteiger partial charge in [0.05, 0.1) is 12.7 Å². The second-order valence-electron chi connectivity index (χ2n) is 5.29. The second-order valence-corrected chi connectivity index (χ2v) is 5.29. The molecule has 3 nitrogen and oxygen atoms in total. The van der Waals surface area contributed by atoms with Gasteiger partial charge in [-0.1, -0.05) is 0 Å². The van der Waals surface area contributed by atoms with E-state index < -0.39 is 0 Å². The fourth-order valence-corrected chi connectivity index (χ4v) is 2.92. The minimum Gasteiger partial charge on any atom is -0.381 e. The zero-order valence-corrected chi connectivity index (χ0v) is 10.4. The van der Waals surface area contributed by atoms with Crippen molar-refractivity contribution in [2.24, 2.45) is 17.6 Å². The molecular formula is C13H25NO2. The Kier molecular flexibility index (Phi) is 4.62. The molecule has 94 valence electrons. The molecule has 2 unspecified atom stereocenters. The third-order valence-corrected chi connectivity index (χ3v) is 4.00. The van der Waals surface area contributed by atoms with Crippen LogP contribution < -0.4 is 5.73 Å². The Morgan fingerprint density at radius 2 is 2.25 bits per heavy atom. The van der Waals surface area contributed by atoms with E-state index in [9.17, 15) is 0 Å². The summed E-state index contributed by atoms with van der Waals surface area (Å²) < 4.78 is 11.1. The largest absolute Gasteiger partial charge is 0.381 e. The number of ether oxygens (including phenoxy) is 2. The Hall–Kier alpha value is -0.120. The first-order valence-corrected chi connectivity index (χ1v) is 6.74. The van der Waals surface area contributed by atoms with Crippen LogP contribution >= 0.6 is 0 Å². The van der Waals surface area contributed by atoms with Crippen LogP contribution in [0.4, 0.5) is 0 Å². The van der Waals surface area contributed by atoms with E-state index in [2.05, 4.69) is 6.92 Å². The third kappa shape index (κ3) is 3.19. The maximum absolute atomic E-state index is 6.26. The summed E-state index contributed by atoms with van der Waals surface area (Å²) in [6.45, 7) is 4.72. The highest BCUT2D eigenvalue weighted by Gasteiger charge is 2.32. The Morgan fingerprint density at radius 1 is 1.44 bits per heavy atom. The van der Waals surface area contributed by atoms with Gasteiger partial charge in [-0.2, -0.15) is 0 Å². The standard InChI is InChI=1S/C13H25NO2/c1-2-16-12-6-10(7-12)8-13(14)11-4-3-5-15-9-11/h10-13H,2-9,14H2,1H3. The quantitative estimate of drug-likeness (QED) is 0.780. The van der Waals surface area contributed by atoms with Gasteiger partial charge in [-0.15, -0.1) is 0 Å². The highest BCUT2D eigenvalue weighted by molar-refractivity contribution is 4.86. The monoisotopic (exact) mass is 227 g/mol. The first-order valence-electron chi connectivity index (χ1n) is 6.74. The highest BCUT2D eigenvalue weighted by atomic mass is 16.5. The Bertz CT molecular complexity index is 198. The summed E-state index contributed by atoms with van der Waals surface area (Å²) >= 11 is 0. The van der Waals surface area contributed by atoms with Crippen LogP contribution in [0.2, 0.25) is 0 Å². The van der Waals surface area contributed by atoms with Crippen LogP contribution in [-0.4, -0.2) is 32.0 Å². The maximum atomic E-state index is 6.26. The number of nitrogens with two attached hydrogens (primary N) is 1. The fourth-order valence-electron chi connectivity index (χ4n) is 2.92. The highest BCUT2D eigenvalue weighted by Crippen LogP contribution is 2.35. The Balaban J connectivity index is 1.62. The van der Waals surface area contributed by atoms with E-state index in [0.717, 1.165) is 32.2 Å². The molecule has 16 heavy (non-hydrogen) atoms. The van der Waals surface area contributed by atoms with Gasteiger partial charge in [0.2, 0.25) is 0 Å². The molecule has 2 aliphatic rings. The molecule has 2 rings (SSSR count). The molecule has 1 saturated carbocycles. The van der Waals surface area contributed by atoms with E-state index in [4.69, 9.17) is 15.2 Å². The molecule has 3 heteroatoms. The van der Waals surface area contributed by atoms with Crippen LogP contribution in [0, 0.1) is 11.8 Å². The van der Waals surface area contributed by atoms with E-state index in [1.807, 2.05) is 0 Å². The fraction of sp³-hybridized carbons (Fsp3) is 1.00. The number of hydrogen-bond acceptors (Lipinski definition) is 3. The van der Waals surface area contributed by atoms with Crippen molar-refractivity contribution in [3.05, 3.63) is 0 Å². The normalized spacial score (nSPS) is 36.8. The van der Waals surface area contributed by atoms with Crippen molar-refractivity contribution in [2.45, 2.75) is 51.2 Å². The molecule has 1 heterocycles. The molecule has 2 N–H and O–H groups in total. The van der Waals surface area contributed by atoms with E-state index >= 15 is 0 Å². The summed E-state index contributed by atoms with van der Waals surface area (Å²) in [5.74, 6) is 1.40. The first kappa shape index (κ1) is 12.3. The van der Waals surface area contributed by atoms with Gasteiger partial charge < -0.3 is 15.2 Å². The van der Waals surface area contributed by atoms with Gasteiger partial charge >= 0.3 is 0 Å². The summed E-state index contributed by atoms with van der Waals surface area (Å²) in [4.78, 5) is 0. The summed E-state index contributed by atoms with van der Waals surface area (Å²) in [6.07, 6.45) is 6.56. The van der Waals surface area contributed by atoms with Crippen LogP contribution in [0.3, 0.4) is 0 Å². The lowest BCUT2D eigenvalue weighted by molar-refractivity contribution is -0.0331. The average molecular weight is 227 g/mol. The van der Waals surface area contributed by atoms with Crippen molar-refractivity contribution in [2.75, 3.05) is 19.8 Å². The maximum Gasteiger partial charge on any atom is 0.0580 e. The van der Waals surface area contributed by atoms with E-state index in [-0.39, 0.29) is 0 Å². The lowest BCUT2D eigenvalue weighted by Gasteiger charge is -2.38. The molecule has 0 amide bonds. The van der Waals surface area contributed by atoms with Gasteiger partial charge in [-0.25, -0.2) is 0 Å². The van der Waals surface area contributed by atoms with Gasteiger partial charge in [0, 0.05) is 19.3 Å². The Morgan fingerprint density at radius 3 is 2.88 bits per heavy atom. The van der Waals surface area contributed by atoms with Crippen molar-refractivity contribution < 1.29 is 9.47 Å². The lowest BCUT2D eigenvalue weighted by Crippen LogP contribution is -2.41. The summed E-state index contributed by atoms with van der Waals surface area (Å²) in [5, 5.41) is 0. The lowest BCUT2D eigenvalue weighted by atomic mass is 9.75. The van der Waals surface area contributed by atoms with Crippen molar-refractivity contribution in [3.63, 3.8) is 0 Å². The van der Waals surface area contributed by atoms with Crippen molar-refractivity contribution >= 4 is 0 Å². The molecule has 0 aromatic carbocycles. The minimum absolute atomic E-state index is 0.341. The molecule has 0 radical (unpaired) electrons. The van der Waals surface area contributed by atoms with Gasteiger partial charge in [0.25, 0.3) is 0 Å². The van der Waals surface area contributed by atoms with Gasteiger partial charge in [-0.3, -0.25) is 0 Å². The molecule has 0 bridgehead atoms. The molecule has 2 atom stereocenters. The smallest absolute Gasteiger partial charge is 0.0580 e. The first-order chi connectivity index (χ1) is 7.79. The van der Waals surface area contributed by atoms with Crippen LogP contribution in [0.15, 0.2) is 0 Å². The van der Waals surface area contributed by atoms with Crippen molar-refractivity contribution in [1.29, 1.82) is 0 Å². The van der Waals surface area contributed by atoms with E-state index in [1.54, 1.807) is 0 Å². The van der Waals surface area contributed by atoms with Crippen LogP contribution in [0.5, 0.6) is 0 Å². The van der Waals surface area contributed by atoms with Crippen LogP contribution in [-0.2, 0) is 9.47 Å². The molecule has 1 aliphatic carbocycles. The number of rotatable bonds is 5. The van der Waals surface area contributed by atoms with Crippen molar-refractivity contribution in [3.8, 4) is 0 Å². The summed E-state index contributed by atoms with van der Waals surface area (Å²) in [5.41, 5.74) is 6.26. The zero-order chi connectivity index (χ0) is 11.4. The predicted molar refractivity (Wildman–Crippen MR) is 64.3 cm³/mol. The molecule has 1 saturated heterocycles. The van der Waals surface area contributed by atoms with Crippen LogP contribution in [0.1, 0.15) is 39.0 Å². The number of hydrogen-bond donors (Lipinski definition) is 1. The third-order valence-electron chi connectivity index (χ3n) is 4.00.